The number of aromatic hydroxyl groups is 2. The van der Waals surface area contributed by atoms with Gasteiger partial charge in [-0.05, 0) is 37.9 Å². The van der Waals surface area contributed by atoms with Crippen LogP contribution in [-0.4, -0.2) is 41.3 Å². The Balaban J connectivity index is 1.68. The molecule has 1 aromatic rings. The molecular weight excluding hydrogens is 240 g/mol. The number of likely N-dealkylation sites (tertiary alicyclic amines) is 1. The van der Waals surface area contributed by atoms with Gasteiger partial charge in [-0.3, -0.25) is 0 Å². The number of phenols is 2. The van der Waals surface area contributed by atoms with Crippen molar-refractivity contribution in [2.75, 3.05) is 26.2 Å². The van der Waals surface area contributed by atoms with E-state index in [-0.39, 0.29) is 11.5 Å². The minimum Gasteiger partial charge on any atom is -0.504 e. The van der Waals surface area contributed by atoms with Crippen LogP contribution in [0.5, 0.6) is 11.5 Å². The van der Waals surface area contributed by atoms with Gasteiger partial charge in [0.05, 0.1) is 0 Å². The van der Waals surface area contributed by atoms with Crippen LogP contribution >= 0.6 is 0 Å². The van der Waals surface area contributed by atoms with Gasteiger partial charge < -0.3 is 20.4 Å². The lowest BCUT2D eigenvalue weighted by Crippen LogP contribution is -2.37. The van der Waals surface area contributed by atoms with Crippen molar-refractivity contribution in [3.8, 4) is 11.5 Å². The number of nitrogens with one attached hydrogen (secondary N) is 1. The summed E-state index contributed by atoms with van der Waals surface area (Å²) in [6.45, 7) is 7.25. The summed E-state index contributed by atoms with van der Waals surface area (Å²) in [6, 6.07) is 5.07. The topological polar surface area (TPSA) is 55.7 Å². The average Bonchev–Trinajstić information content (AvgIpc) is 2.41. The highest BCUT2D eigenvalue weighted by molar-refractivity contribution is 5.44. The second-order valence-corrected chi connectivity index (χ2v) is 5.49. The monoisotopic (exact) mass is 264 g/mol. The maximum atomic E-state index is 9.67. The zero-order valence-electron chi connectivity index (χ0n) is 11.6. The van der Waals surface area contributed by atoms with Crippen LogP contribution in [0.2, 0.25) is 0 Å². The van der Waals surface area contributed by atoms with Gasteiger partial charge in [-0.15, -0.1) is 0 Å². The maximum Gasteiger partial charge on any atom is 0.161 e. The zero-order valence-corrected chi connectivity index (χ0v) is 11.6. The molecular formula is C15H24N2O2. The van der Waals surface area contributed by atoms with Gasteiger partial charge in [-0.2, -0.15) is 0 Å². The molecule has 4 heteroatoms. The van der Waals surface area contributed by atoms with E-state index in [0.717, 1.165) is 24.6 Å². The number of piperidine rings is 1. The van der Waals surface area contributed by atoms with E-state index in [1.165, 1.54) is 32.0 Å². The normalized spacial score (nSPS) is 17.7. The molecule has 1 aromatic carbocycles. The van der Waals surface area contributed by atoms with Gasteiger partial charge in [-0.25, -0.2) is 0 Å². The van der Waals surface area contributed by atoms with Crippen molar-refractivity contribution in [1.29, 1.82) is 0 Å². The Labute approximate surface area is 115 Å². The predicted molar refractivity (Wildman–Crippen MR) is 76.3 cm³/mol. The molecule has 19 heavy (non-hydrogen) atoms. The summed E-state index contributed by atoms with van der Waals surface area (Å²) in [5.41, 5.74) is 0.743. The van der Waals surface area contributed by atoms with Crippen LogP contribution in [0.1, 0.15) is 25.3 Å². The predicted octanol–water partition coefficient (Wildman–Crippen LogP) is 1.92. The molecule has 106 valence electrons. The highest BCUT2D eigenvalue weighted by atomic mass is 16.3. The van der Waals surface area contributed by atoms with Gasteiger partial charge in [0.15, 0.2) is 11.5 Å². The molecule has 2 rings (SSSR count). The third kappa shape index (κ3) is 4.11. The lowest BCUT2D eigenvalue weighted by atomic mass is 9.99. The summed E-state index contributed by atoms with van der Waals surface area (Å²) in [5, 5.41) is 22.4. The van der Waals surface area contributed by atoms with Crippen molar-refractivity contribution in [3.63, 3.8) is 0 Å². The second kappa shape index (κ2) is 6.78. The van der Waals surface area contributed by atoms with Gasteiger partial charge in [-0.1, -0.05) is 19.1 Å². The highest BCUT2D eigenvalue weighted by Crippen LogP contribution is 2.27. The molecule has 1 saturated heterocycles. The van der Waals surface area contributed by atoms with Crippen LogP contribution < -0.4 is 5.32 Å². The number of para-hydroxylation sites is 1. The molecule has 1 aliphatic rings. The van der Waals surface area contributed by atoms with Gasteiger partial charge in [0.2, 0.25) is 0 Å². The smallest absolute Gasteiger partial charge is 0.161 e. The molecule has 0 aliphatic carbocycles. The van der Waals surface area contributed by atoms with Crippen molar-refractivity contribution < 1.29 is 10.2 Å². The van der Waals surface area contributed by atoms with Crippen molar-refractivity contribution in [3.05, 3.63) is 23.8 Å². The number of hydrogen-bond donors (Lipinski definition) is 3. The van der Waals surface area contributed by atoms with E-state index in [1.807, 2.05) is 6.07 Å². The van der Waals surface area contributed by atoms with E-state index in [4.69, 9.17) is 0 Å². The first-order valence-electron chi connectivity index (χ1n) is 7.09. The molecule has 0 saturated carbocycles. The van der Waals surface area contributed by atoms with Crippen molar-refractivity contribution in [1.82, 2.24) is 10.2 Å². The first kappa shape index (κ1) is 14.2. The third-order valence-corrected chi connectivity index (χ3v) is 3.89. The van der Waals surface area contributed by atoms with E-state index >= 15 is 0 Å². The lowest BCUT2D eigenvalue weighted by molar-refractivity contribution is 0.193. The van der Waals surface area contributed by atoms with Gasteiger partial charge in [0.1, 0.15) is 0 Å². The standard InChI is InChI=1S/C15H24N2O2/c1-12-5-8-17(9-6-12)10-7-16-11-13-3-2-4-14(18)15(13)19/h2-4,12,16,18-19H,5-11H2,1H3. The summed E-state index contributed by atoms with van der Waals surface area (Å²) < 4.78 is 0. The minimum absolute atomic E-state index is 0.0122. The largest absolute Gasteiger partial charge is 0.504 e. The molecule has 1 aliphatic heterocycles. The van der Waals surface area contributed by atoms with Crippen molar-refractivity contribution >= 4 is 0 Å². The highest BCUT2D eigenvalue weighted by Gasteiger charge is 2.14. The molecule has 0 spiro atoms. The Kier molecular flexibility index (Phi) is 5.05. The molecule has 0 radical (unpaired) electrons. The van der Waals surface area contributed by atoms with E-state index in [2.05, 4.69) is 17.1 Å². The fourth-order valence-corrected chi connectivity index (χ4v) is 2.47. The first-order chi connectivity index (χ1) is 9.16. The lowest BCUT2D eigenvalue weighted by Gasteiger charge is -2.30. The Bertz CT molecular complexity index is 401. The molecule has 1 heterocycles. The Morgan fingerprint density at radius 1 is 1.26 bits per heavy atom. The van der Waals surface area contributed by atoms with Crippen LogP contribution in [-0.2, 0) is 6.54 Å². The first-order valence-corrected chi connectivity index (χ1v) is 7.09. The zero-order chi connectivity index (χ0) is 13.7. The summed E-state index contributed by atoms with van der Waals surface area (Å²) in [7, 11) is 0. The number of benzene rings is 1. The molecule has 0 atom stereocenters. The van der Waals surface area contributed by atoms with Crippen LogP contribution in [0.15, 0.2) is 18.2 Å². The van der Waals surface area contributed by atoms with Gasteiger partial charge in [0, 0.05) is 25.2 Å². The van der Waals surface area contributed by atoms with E-state index < -0.39 is 0 Å². The Hall–Kier alpha value is -1.26. The maximum absolute atomic E-state index is 9.67. The Morgan fingerprint density at radius 2 is 2.00 bits per heavy atom. The van der Waals surface area contributed by atoms with Crippen LogP contribution in [0.4, 0.5) is 0 Å². The van der Waals surface area contributed by atoms with E-state index in [9.17, 15) is 10.2 Å². The molecule has 0 bridgehead atoms. The second-order valence-electron chi connectivity index (χ2n) is 5.49. The molecule has 3 N–H and O–H groups in total. The van der Waals surface area contributed by atoms with Crippen LogP contribution in [0.25, 0.3) is 0 Å². The summed E-state index contributed by atoms with van der Waals surface area (Å²) >= 11 is 0. The van der Waals surface area contributed by atoms with Crippen molar-refractivity contribution in [2.24, 2.45) is 5.92 Å². The quantitative estimate of drug-likeness (QED) is 0.562. The number of phenolic OH excluding ortho intramolecular Hbond substituents is 2. The van der Waals surface area contributed by atoms with Gasteiger partial charge in [0.25, 0.3) is 0 Å². The molecule has 0 amide bonds. The molecule has 1 fully saturated rings. The summed E-state index contributed by atoms with van der Waals surface area (Å²) in [5.74, 6) is 0.805. The number of rotatable bonds is 5. The fraction of sp³-hybridized carbons (Fsp3) is 0.600. The summed E-state index contributed by atoms with van der Waals surface area (Å²) in [6.07, 6.45) is 2.60. The van der Waals surface area contributed by atoms with Crippen molar-refractivity contribution in [2.45, 2.75) is 26.3 Å². The average molecular weight is 264 g/mol. The van der Waals surface area contributed by atoms with Gasteiger partial charge >= 0.3 is 0 Å². The third-order valence-electron chi connectivity index (χ3n) is 3.89. The fourth-order valence-electron chi connectivity index (χ4n) is 2.47. The molecule has 4 nitrogen and oxygen atoms in total. The number of nitrogens with zero attached hydrogens (tertiary/aromatic N) is 1. The van der Waals surface area contributed by atoms with Crippen LogP contribution in [0.3, 0.4) is 0 Å². The number of hydrogen-bond acceptors (Lipinski definition) is 4. The SMILES string of the molecule is CC1CCN(CCNCc2cccc(O)c2O)CC1. The minimum atomic E-state index is -0.0516. The summed E-state index contributed by atoms with van der Waals surface area (Å²) in [4.78, 5) is 2.48. The molecule has 0 unspecified atom stereocenters. The van der Waals surface area contributed by atoms with Crippen LogP contribution in [0, 0.1) is 5.92 Å². The van der Waals surface area contributed by atoms with E-state index in [1.54, 1.807) is 6.07 Å². The Morgan fingerprint density at radius 3 is 2.74 bits per heavy atom. The van der Waals surface area contributed by atoms with E-state index in [0.29, 0.717) is 6.54 Å². The molecule has 0 aromatic heterocycles.